The number of amides is 1. The Bertz CT molecular complexity index is 467. The fourth-order valence-electron chi connectivity index (χ4n) is 2.28. The maximum absolute atomic E-state index is 12.3. The molecule has 1 aliphatic heterocycles. The molecule has 0 radical (unpaired) electrons. The molecule has 1 aromatic carbocycles. The number of hydrogen-bond acceptors (Lipinski definition) is 3. The highest BCUT2D eigenvalue weighted by Crippen LogP contribution is 2.22. The van der Waals surface area contributed by atoms with Gasteiger partial charge in [-0.2, -0.15) is 0 Å². The molecule has 0 bridgehead atoms. The molecule has 4 heteroatoms. The van der Waals surface area contributed by atoms with Crippen molar-refractivity contribution in [3.8, 4) is 5.75 Å². The van der Waals surface area contributed by atoms with E-state index >= 15 is 0 Å². The fourth-order valence-corrected chi connectivity index (χ4v) is 2.28. The Morgan fingerprint density at radius 2 is 2.05 bits per heavy atom. The lowest BCUT2D eigenvalue weighted by atomic mass is 10.0. The lowest BCUT2D eigenvalue weighted by Crippen LogP contribution is -2.58. The van der Waals surface area contributed by atoms with Gasteiger partial charge in [-0.05, 0) is 39.8 Å². The highest BCUT2D eigenvalue weighted by Gasteiger charge is 2.36. The van der Waals surface area contributed by atoms with Gasteiger partial charge in [0.15, 0.2) is 6.61 Å². The van der Waals surface area contributed by atoms with E-state index in [2.05, 4.69) is 0 Å². The van der Waals surface area contributed by atoms with Crippen molar-refractivity contribution in [1.29, 1.82) is 0 Å². The van der Waals surface area contributed by atoms with Crippen LogP contribution in [0.25, 0.3) is 0 Å². The average molecular weight is 277 g/mol. The number of carbonyl (C=O) groups is 1. The van der Waals surface area contributed by atoms with Gasteiger partial charge in [-0.1, -0.05) is 17.7 Å². The third kappa shape index (κ3) is 3.51. The van der Waals surface area contributed by atoms with Crippen LogP contribution < -0.4 is 4.74 Å². The number of carbonyl (C=O) groups excluding carboxylic acids is 1. The zero-order valence-electron chi connectivity index (χ0n) is 12.7. The van der Waals surface area contributed by atoms with E-state index in [1.165, 1.54) is 5.56 Å². The maximum atomic E-state index is 12.3. The zero-order valence-corrected chi connectivity index (χ0v) is 12.7. The summed E-state index contributed by atoms with van der Waals surface area (Å²) in [5.41, 5.74) is 0.895. The van der Waals surface area contributed by atoms with Crippen molar-refractivity contribution in [2.75, 3.05) is 19.8 Å². The molecule has 110 valence electrons. The van der Waals surface area contributed by atoms with Gasteiger partial charge in [0.05, 0.1) is 18.2 Å². The number of rotatable bonds is 3. The Hall–Kier alpha value is -1.55. The van der Waals surface area contributed by atoms with Crippen molar-refractivity contribution in [2.45, 2.75) is 39.3 Å². The molecule has 4 nitrogen and oxygen atoms in total. The topological polar surface area (TPSA) is 38.8 Å². The van der Waals surface area contributed by atoms with Crippen LogP contribution in [0.4, 0.5) is 0 Å². The monoisotopic (exact) mass is 277 g/mol. The number of ether oxygens (including phenoxy) is 2. The third-order valence-electron chi connectivity index (χ3n) is 3.58. The van der Waals surface area contributed by atoms with Crippen LogP contribution in [0.15, 0.2) is 24.3 Å². The first kappa shape index (κ1) is 14.9. The quantitative estimate of drug-likeness (QED) is 0.851. The van der Waals surface area contributed by atoms with E-state index in [0.29, 0.717) is 13.2 Å². The molecule has 0 N–H and O–H groups in total. The van der Waals surface area contributed by atoms with Gasteiger partial charge in [0.2, 0.25) is 0 Å². The average Bonchev–Trinajstić information content (AvgIpc) is 2.40. The molecule has 0 aromatic heterocycles. The molecular weight excluding hydrogens is 254 g/mol. The summed E-state index contributed by atoms with van der Waals surface area (Å²) in [4.78, 5) is 14.2. The third-order valence-corrected chi connectivity index (χ3v) is 3.58. The Balaban J connectivity index is 1.95. The highest BCUT2D eigenvalue weighted by atomic mass is 16.5. The molecule has 1 aromatic rings. The van der Waals surface area contributed by atoms with Gasteiger partial charge in [-0.25, -0.2) is 0 Å². The molecule has 0 aliphatic carbocycles. The predicted molar refractivity (Wildman–Crippen MR) is 77.9 cm³/mol. The van der Waals surface area contributed by atoms with Gasteiger partial charge in [0.1, 0.15) is 5.75 Å². The van der Waals surface area contributed by atoms with Crippen LogP contribution in [0.5, 0.6) is 5.75 Å². The molecule has 2 rings (SSSR count). The molecule has 0 spiro atoms. The second-order valence-electron chi connectivity index (χ2n) is 6.04. The Labute approximate surface area is 120 Å². The van der Waals surface area contributed by atoms with E-state index in [1.54, 1.807) is 0 Å². The second kappa shape index (κ2) is 5.83. The summed E-state index contributed by atoms with van der Waals surface area (Å²) >= 11 is 0. The summed E-state index contributed by atoms with van der Waals surface area (Å²) in [6.45, 7) is 9.28. The molecule has 1 heterocycles. The van der Waals surface area contributed by atoms with Crippen LogP contribution in [0.2, 0.25) is 0 Å². The normalized spacial score (nSPS) is 21.6. The lowest BCUT2D eigenvalue weighted by Gasteiger charge is -2.44. The zero-order chi connectivity index (χ0) is 14.8. The van der Waals surface area contributed by atoms with E-state index in [-0.39, 0.29) is 24.2 Å². The minimum Gasteiger partial charge on any atom is -0.484 e. The standard InChI is InChI=1S/C16H23NO3/c1-12-5-7-14(8-6-12)19-10-15(18)17-9-13(2)20-11-16(17,3)4/h5-8,13H,9-11H2,1-4H3/t13-/m1/s1. The first-order valence-electron chi connectivity index (χ1n) is 7.00. The van der Waals surface area contributed by atoms with Gasteiger partial charge in [0, 0.05) is 6.54 Å². The van der Waals surface area contributed by atoms with Gasteiger partial charge in [0.25, 0.3) is 5.91 Å². The molecule has 0 unspecified atom stereocenters. The molecule has 20 heavy (non-hydrogen) atoms. The molecule has 1 saturated heterocycles. The van der Waals surface area contributed by atoms with Crippen molar-refractivity contribution < 1.29 is 14.3 Å². The van der Waals surface area contributed by atoms with E-state index in [0.717, 1.165) is 5.75 Å². The molecular formula is C16H23NO3. The summed E-state index contributed by atoms with van der Waals surface area (Å²) in [5.74, 6) is 0.730. The molecule has 1 fully saturated rings. The SMILES string of the molecule is Cc1ccc(OCC(=O)N2C[C@@H](C)OCC2(C)C)cc1. The molecule has 1 aliphatic rings. The minimum atomic E-state index is -0.278. The number of hydrogen-bond donors (Lipinski definition) is 0. The van der Waals surface area contributed by atoms with Crippen LogP contribution >= 0.6 is 0 Å². The van der Waals surface area contributed by atoms with Crippen LogP contribution in [-0.2, 0) is 9.53 Å². The van der Waals surface area contributed by atoms with Crippen molar-refractivity contribution >= 4 is 5.91 Å². The summed E-state index contributed by atoms with van der Waals surface area (Å²) in [6.07, 6.45) is 0.0753. The maximum Gasteiger partial charge on any atom is 0.261 e. The van der Waals surface area contributed by atoms with Crippen LogP contribution in [-0.4, -0.2) is 42.2 Å². The Kier molecular flexibility index (Phi) is 4.33. The number of benzene rings is 1. The summed E-state index contributed by atoms with van der Waals surface area (Å²) < 4.78 is 11.2. The number of morpholine rings is 1. The van der Waals surface area contributed by atoms with Crippen LogP contribution in [0.3, 0.4) is 0 Å². The van der Waals surface area contributed by atoms with Crippen molar-refractivity contribution in [3.05, 3.63) is 29.8 Å². The first-order valence-corrected chi connectivity index (χ1v) is 7.00. The predicted octanol–water partition coefficient (Wildman–Crippen LogP) is 2.40. The second-order valence-corrected chi connectivity index (χ2v) is 6.04. The van der Waals surface area contributed by atoms with E-state index in [9.17, 15) is 4.79 Å². The Morgan fingerprint density at radius 1 is 1.40 bits per heavy atom. The van der Waals surface area contributed by atoms with Gasteiger partial charge < -0.3 is 14.4 Å². The smallest absolute Gasteiger partial charge is 0.261 e. The van der Waals surface area contributed by atoms with Crippen LogP contribution in [0.1, 0.15) is 26.3 Å². The van der Waals surface area contributed by atoms with Gasteiger partial charge >= 0.3 is 0 Å². The molecule has 1 amide bonds. The van der Waals surface area contributed by atoms with Crippen molar-refractivity contribution in [2.24, 2.45) is 0 Å². The Morgan fingerprint density at radius 3 is 2.70 bits per heavy atom. The summed E-state index contributed by atoms with van der Waals surface area (Å²) in [5, 5.41) is 0. The van der Waals surface area contributed by atoms with Gasteiger partial charge in [-0.3, -0.25) is 4.79 Å². The highest BCUT2D eigenvalue weighted by molar-refractivity contribution is 5.78. The minimum absolute atomic E-state index is 0.00530. The molecule has 1 atom stereocenters. The van der Waals surface area contributed by atoms with E-state index in [4.69, 9.17) is 9.47 Å². The lowest BCUT2D eigenvalue weighted by molar-refractivity contribution is -0.154. The summed E-state index contributed by atoms with van der Waals surface area (Å²) in [7, 11) is 0. The number of nitrogens with zero attached hydrogens (tertiary/aromatic N) is 1. The van der Waals surface area contributed by atoms with E-state index in [1.807, 2.05) is 56.9 Å². The fraction of sp³-hybridized carbons (Fsp3) is 0.562. The largest absolute Gasteiger partial charge is 0.484 e. The number of aryl methyl sites for hydroxylation is 1. The van der Waals surface area contributed by atoms with Crippen LogP contribution in [0, 0.1) is 6.92 Å². The van der Waals surface area contributed by atoms with Crippen molar-refractivity contribution in [1.82, 2.24) is 4.90 Å². The molecule has 0 saturated carbocycles. The van der Waals surface area contributed by atoms with E-state index < -0.39 is 0 Å². The summed E-state index contributed by atoms with van der Waals surface area (Å²) in [6, 6.07) is 7.71. The van der Waals surface area contributed by atoms with Gasteiger partial charge in [-0.15, -0.1) is 0 Å². The van der Waals surface area contributed by atoms with Crippen molar-refractivity contribution in [3.63, 3.8) is 0 Å². The first-order chi connectivity index (χ1) is 9.38.